The second kappa shape index (κ2) is 17.0. The highest BCUT2D eigenvalue weighted by atomic mass is 32.1. The van der Waals surface area contributed by atoms with Crippen LogP contribution in [0.15, 0.2) is 0 Å². The first-order chi connectivity index (χ1) is 14.5. The highest BCUT2D eigenvalue weighted by molar-refractivity contribution is 7.80. The van der Waals surface area contributed by atoms with E-state index < -0.39 is 13.9 Å². The van der Waals surface area contributed by atoms with Crippen molar-refractivity contribution in [3.8, 4) is 0 Å². The van der Waals surface area contributed by atoms with E-state index in [1.807, 2.05) is 21.1 Å². The topological polar surface area (TPSA) is 94.1 Å². The van der Waals surface area contributed by atoms with Gasteiger partial charge in [-0.25, -0.2) is 0 Å². The minimum atomic E-state index is -4.59. The molecule has 0 aromatic heterocycles. The number of likely N-dealkylation sites (N-methyl/N-ethyl adjacent to an activating group) is 1. The van der Waals surface area contributed by atoms with Gasteiger partial charge in [-0.2, -0.15) is 0 Å². The second-order valence-corrected chi connectivity index (χ2v) is 10.5. The number of hydrogen-bond acceptors (Lipinski definition) is 8. The molecule has 184 valence electrons. The molecule has 0 saturated heterocycles. The summed E-state index contributed by atoms with van der Waals surface area (Å²) < 4.78 is 33.6. The minimum Gasteiger partial charge on any atom is -0.756 e. The van der Waals surface area contributed by atoms with Crippen molar-refractivity contribution in [3.63, 3.8) is 0 Å². The number of nitrogens with zero attached hydrogens (tertiary/aromatic N) is 1. The molecule has 1 unspecified atom stereocenters. The number of ether oxygens (including phenoxy) is 2. The van der Waals surface area contributed by atoms with Crippen LogP contribution in [0.1, 0.15) is 71.6 Å². The van der Waals surface area contributed by atoms with Crippen LogP contribution in [0.25, 0.3) is 0 Å². The standard InChI is InChI=1S/C21H42NO7PS/c1-6-8-10-12-13-20(23)26-17-19(18-27-21(31)14-11-9-7-2)29-30(24,25)28-16-15-22(3,4)5/h19H,6-18H2,1-5H3/t19-/m1/s1. The summed E-state index contributed by atoms with van der Waals surface area (Å²) in [6.07, 6.45) is 6.72. The molecule has 0 amide bonds. The number of unbranched alkanes of at least 4 members (excludes halogenated alkanes) is 5. The molecule has 0 fully saturated rings. The third-order valence-corrected chi connectivity index (χ3v) is 5.75. The van der Waals surface area contributed by atoms with Crippen molar-refractivity contribution < 1.29 is 37.3 Å². The van der Waals surface area contributed by atoms with Gasteiger partial charge in [-0.15, -0.1) is 0 Å². The first kappa shape index (κ1) is 30.4. The Bertz CT molecular complexity index is 554. The predicted molar refractivity (Wildman–Crippen MR) is 124 cm³/mol. The van der Waals surface area contributed by atoms with Crippen LogP contribution in [0, 0.1) is 0 Å². The molecule has 0 bridgehead atoms. The fourth-order valence-corrected chi connectivity index (χ4v) is 3.55. The molecule has 0 aliphatic rings. The number of quaternary nitrogens is 1. The molecule has 0 radical (unpaired) electrons. The molecule has 2 atom stereocenters. The molecular weight excluding hydrogens is 441 g/mol. The van der Waals surface area contributed by atoms with Crippen LogP contribution in [-0.2, 0) is 27.9 Å². The van der Waals surface area contributed by atoms with Crippen molar-refractivity contribution in [2.24, 2.45) is 0 Å². The number of thiocarbonyl (C=S) groups is 1. The average Bonchev–Trinajstić information content (AvgIpc) is 2.66. The van der Waals surface area contributed by atoms with Crippen molar-refractivity contribution in [2.75, 3.05) is 47.5 Å². The van der Waals surface area contributed by atoms with Gasteiger partial charge in [0, 0.05) is 12.8 Å². The third-order valence-electron chi connectivity index (χ3n) is 4.37. The molecule has 10 heteroatoms. The highest BCUT2D eigenvalue weighted by Crippen LogP contribution is 2.40. The lowest BCUT2D eigenvalue weighted by Gasteiger charge is -2.30. The Kier molecular flexibility index (Phi) is 16.7. The summed E-state index contributed by atoms with van der Waals surface area (Å²) in [7, 11) is 1.19. The second-order valence-electron chi connectivity index (χ2n) is 8.66. The van der Waals surface area contributed by atoms with Crippen LogP contribution < -0.4 is 4.89 Å². The Morgan fingerprint density at radius 1 is 0.968 bits per heavy atom. The van der Waals surface area contributed by atoms with E-state index >= 15 is 0 Å². The molecule has 8 nitrogen and oxygen atoms in total. The van der Waals surface area contributed by atoms with Gasteiger partial charge in [-0.1, -0.05) is 46.0 Å². The van der Waals surface area contributed by atoms with E-state index in [2.05, 4.69) is 13.8 Å². The lowest BCUT2D eigenvalue weighted by molar-refractivity contribution is -0.870. The normalized spacial score (nSPS) is 14.6. The van der Waals surface area contributed by atoms with Gasteiger partial charge in [-0.05, 0) is 25.1 Å². The van der Waals surface area contributed by atoms with Gasteiger partial charge < -0.3 is 27.9 Å². The quantitative estimate of drug-likeness (QED) is 0.0895. The van der Waals surface area contributed by atoms with E-state index in [1.54, 1.807) is 0 Å². The van der Waals surface area contributed by atoms with Crippen LogP contribution in [0.3, 0.4) is 0 Å². The summed E-state index contributed by atoms with van der Waals surface area (Å²) in [6.45, 7) is 4.30. The molecular formula is C21H42NO7PS. The Labute approximate surface area is 193 Å². The number of rotatable bonds is 19. The van der Waals surface area contributed by atoms with E-state index in [4.69, 9.17) is 30.7 Å². The van der Waals surface area contributed by atoms with Crippen LogP contribution in [0.2, 0.25) is 0 Å². The van der Waals surface area contributed by atoms with Crippen molar-refractivity contribution in [3.05, 3.63) is 0 Å². The van der Waals surface area contributed by atoms with E-state index in [1.165, 1.54) is 0 Å². The zero-order valence-corrected chi connectivity index (χ0v) is 21.6. The SMILES string of the molecule is CCCCCCC(=O)OC[C@H](COC(=S)CCCCC)OP(=O)([O-])OCC[N+](C)(C)C. The van der Waals surface area contributed by atoms with Crippen molar-refractivity contribution in [2.45, 2.75) is 77.7 Å². The minimum absolute atomic E-state index is 0.00942. The third kappa shape index (κ3) is 19.8. The van der Waals surface area contributed by atoms with E-state index in [0.29, 0.717) is 22.5 Å². The molecule has 0 heterocycles. The van der Waals surface area contributed by atoms with Gasteiger partial charge in [0.25, 0.3) is 7.82 Å². The number of hydrogen-bond donors (Lipinski definition) is 0. The fourth-order valence-electron chi connectivity index (χ4n) is 2.48. The highest BCUT2D eigenvalue weighted by Gasteiger charge is 2.22. The van der Waals surface area contributed by atoms with Crippen molar-refractivity contribution >= 4 is 31.1 Å². The molecule has 0 aromatic rings. The molecule has 0 aromatic carbocycles. The summed E-state index contributed by atoms with van der Waals surface area (Å²) in [5, 5.41) is 0.389. The van der Waals surface area contributed by atoms with E-state index in [9.17, 15) is 14.3 Å². The van der Waals surface area contributed by atoms with E-state index in [-0.39, 0.29) is 32.2 Å². The van der Waals surface area contributed by atoms with Gasteiger partial charge in [0.15, 0.2) is 5.05 Å². The summed E-state index contributed by atoms with van der Waals surface area (Å²) in [4.78, 5) is 24.2. The summed E-state index contributed by atoms with van der Waals surface area (Å²) >= 11 is 5.19. The maximum Gasteiger partial charge on any atom is 0.305 e. The number of phosphoric acid groups is 1. The molecule has 0 saturated carbocycles. The smallest absolute Gasteiger partial charge is 0.305 e. The van der Waals surface area contributed by atoms with E-state index in [0.717, 1.165) is 44.9 Å². The Hall–Kier alpha value is -0.570. The zero-order chi connectivity index (χ0) is 23.8. The monoisotopic (exact) mass is 483 g/mol. The van der Waals surface area contributed by atoms with Gasteiger partial charge in [0.2, 0.25) is 0 Å². The van der Waals surface area contributed by atoms with Crippen LogP contribution in [-0.4, -0.2) is 69.1 Å². The summed E-state index contributed by atoms with van der Waals surface area (Å²) in [5.74, 6) is -0.387. The lowest BCUT2D eigenvalue weighted by Crippen LogP contribution is -2.38. The van der Waals surface area contributed by atoms with Crippen molar-refractivity contribution in [1.82, 2.24) is 0 Å². The molecule has 0 rings (SSSR count). The fraction of sp³-hybridized carbons (Fsp3) is 0.905. The first-order valence-electron chi connectivity index (χ1n) is 11.2. The summed E-state index contributed by atoms with van der Waals surface area (Å²) in [5.41, 5.74) is 0. The maximum absolute atomic E-state index is 12.2. The number of carbonyl (C=O) groups is 1. The maximum atomic E-state index is 12.2. The lowest BCUT2D eigenvalue weighted by atomic mass is 10.2. The number of phosphoric ester groups is 1. The van der Waals surface area contributed by atoms with Gasteiger partial charge in [0.05, 0.1) is 21.1 Å². The van der Waals surface area contributed by atoms with Gasteiger partial charge in [-0.3, -0.25) is 9.36 Å². The Morgan fingerprint density at radius 3 is 2.16 bits per heavy atom. The molecule has 31 heavy (non-hydrogen) atoms. The summed E-state index contributed by atoms with van der Waals surface area (Å²) in [6, 6.07) is 0. The average molecular weight is 484 g/mol. The molecule has 0 spiro atoms. The zero-order valence-electron chi connectivity index (χ0n) is 19.9. The first-order valence-corrected chi connectivity index (χ1v) is 13.1. The predicted octanol–water partition coefficient (Wildman–Crippen LogP) is 4.00. The van der Waals surface area contributed by atoms with Gasteiger partial charge in [0.1, 0.15) is 32.5 Å². The van der Waals surface area contributed by atoms with Crippen LogP contribution >= 0.6 is 20.0 Å². The molecule has 0 aliphatic carbocycles. The Morgan fingerprint density at radius 2 is 1.55 bits per heavy atom. The van der Waals surface area contributed by atoms with Crippen LogP contribution in [0.5, 0.6) is 0 Å². The van der Waals surface area contributed by atoms with Gasteiger partial charge >= 0.3 is 5.97 Å². The molecule has 0 N–H and O–H groups in total. The van der Waals surface area contributed by atoms with Crippen molar-refractivity contribution in [1.29, 1.82) is 0 Å². The number of carbonyl (C=O) groups excluding carboxylic acids is 1. The largest absolute Gasteiger partial charge is 0.756 e. The van der Waals surface area contributed by atoms with Crippen LogP contribution in [0.4, 0.5) is 0 Å². The Balaban J connectivity index is 4.67. The molecule has 0 aliphatic heterocycles. The number of esters is 1.